The number of rotatable bonds is 3. The number of hydrogen-bond donors (Lipinski definition) is 0. The van der Waals surface area contributed by atoms with Crippen molar-refractivity contribution in [1.82, 2.24) is 0 Å². The van der Waals surface area contributed by atoms with Crippen LogP contribution in [-0.2, 0) is 10.1 Å². The van der Waals surface area contributed by atoms with Crippen LogP contribution in [0, 0.1) is 0 Å². The van der Waals surface area contributed by atoms with Gasteiger partial charge in [0.15, 0.2) is 0 Å². The van der Waals surface area contributed by atoms with Gasteiger partial charge in [-0.3, -0.25) is 0 Å². The summed E-state index contributed by atoms with van der Waals surface area (Å²) in [5.74, 6) is -0.272. The van der Waals surface area contributed by atoms with Crippen LogP contribution >= 0.6 is 27.3 Å². The zero-order valence-electron chi connectivity index (χ0n) is 9.27. The van der Waals surface area contributed by atoms with E-state index in [4.69, 9.17) is 4.74 Å². The molecule has 0 aliphatic heterocycles. The summed E-state index contributed by atoms with van der Waals surface area (Å²) in [4.78, 5) is 13.4. The SMILES string of the molecule is COC(=O)c1sc(-c2ccccc2)cc1CBr. The molecule has 2 rings (SSSR count). The predicted octanol–water partition coefficient (Wildman–Crippen LogP) is 4.10. The van der Waals surface area contributed by atoms with E-state index in [2.05, 4.69) is 15.9 Å². The summed E-state index contributed by atoms with van der Waals surface area (Å²) < 4.78 is 4.78. The van der Waals surface area contributed by atoms with Gasteiger partial charge >= 0.3 is 5.97 Å². The van der Waals surface area contributed by atoms with Crippen LogP contribution in [-0.4, -0.2) is 13.1 Å². The van der Waals surface area contributed by atoms with Gasteiger partial charge in [-0.05, 0) is 17.2 Å². The molecule has 4 heteroatoms. The maximum absolute atomic E-state index is 11.6. The molecule has 0 fully saturated rings. The maximum Gasteiger partial charge on any atom is 0.348 e. The topological polar surface area (TPSA) is 26.3 Å². The Bertz CT molecular complexity index is 519. The monoisotopic (exact) mass is 310 g/mol. The fraction of sp³-hybridized carbons (Fsp3) is 0.154. The number of benzene rings is 1. The van der Waals surface area contributed by atoms with Crippen LogP contribution in [0.3, 0.4) is 0 Å². The van der Waals surface area contributed by atoms with E-state index in [1.807, 2.05) is 36.4 Å². The molecule has 2 aromatic rings. The number of ether oxygens (including phenoxy) is 1. The van der Waals surface area contributed by atoms with E-state index in [1.165, 1.54) is 18.4 Å². The lowest BCUT2D eigenvalue weighted by molar-refractivity contribution is 0.0605. The largest absolute Gasteiger partial charge is 0.465 e. The number of alkyl halides is 1. The molecule has 0 spiro atoms. The number of hydrogen-bond acceptors (Lipinski definition) is 3. The van der Waals surface area contributed by atoms with Crippen molar-refractivity contribution in [3.05, 3.63) is 46.8 Å². The Kier molecular flexibility index (Phi) is 3.97. The number of methoxy groups -OCH3 is 1. The van der Waals surface area contributed by atoms with Gasteiger partial charge in [0.2, 0.25) is 0 Å². The number of halogens is 1. The van der Waals surface area contributed by atoms with Gasteiger partial charge in [-0.25, -0.2) is 4.79 Å². The first-order valence-corrected chi connectivity index (χ1v) is 7.02. The molecule has 0 saturated carbocycles. The molecule has 17 heavy (non-hydrogen) atoms. The highest BCUT2D eigenvalue weighted by Gasteiger charge is 2.16. The van der Waals surface area contributed by atoms with Crippen molar-refractivity contribution >= 4 is 33.2 Å². The molecule has 0 aliphatic carbocycles. The van der Waals surface area contributed by atoms with Crippen molar-refractivity contribution in [3.8, 4) is 10.4 Å². The van der Waals surface area contributed by atoms with Crippen LogP contribution in [0.5, 0.6) is 0 Å². The van der Waals surface area contributed by atoms with Gasteiger partial charge in [0.25, 0.3) is 0 Å². The van der Waals surface area contributed by atoms with Gasteiger partial charge in [-0.2, -0.15) is 0 Å². The highest BCUT2D eigenvalue weighted by atomic mass is 79.9. The summed E-state index contributed by atoms with van der Waals surface area (Å²) in [5.41, 5.74) is 2.09. The van der Waals surface area contributed by atoms with Crippen LogP contribution in [0.1, 0.15) is 15.2 Å². The summed E-state index contributed by atoms with van der Waals surface area (Å²) in [5, 5.41) is 0.654. The standard InChI is InChI=1S/C13H11BrO2S/c1-16-13(15)12-10(8-14)7-11(17-12)9-5-3-2-4-6-9/h2-7H,8H2,1H3. The third-order valence-electron chi connectivity index (χ3n) is 2.38. The maximum atomic E-state index is 11.6. The number of esters is 1. The van der Waals surface area contributed by atoms with E-state index in [0.29, 0.717) is 10.2 Å². The lowest BCUT2D eigenvalue weighted by Gasteiger charge is -1.96. The average molecular weight is 311 g/mol. The Balaban J connectivity index is 2.45. The molecule has 1 aromatic heterocycles. The van der Waals surface area contributed by atoms with Gasteiger partial charge in [-0.1, -0.05) is 46.3 Å². The van der Waals surface area contributed by atoms with Crippen LogP contribution in [0.2, 0.25) is 0 Å². The second kappa shape index (κ2) is 5.47. The highest BCUT2D eigenvalue weighted by Crippen LogP contribution is 2.32. The molecule has 0 atom stereocenters. The van der Waals surface area contributed by atoms with Crippen molar-refractivity contribution in [2.45, 2.75) is 5.33 Å². The van der Waals surface area contributed by atoms with E-state index in [9.17, 15) is 4.79 Å². The van der Waals surface area contributed by atoms with Crippen molar-refractivity contribution < 1.29 is 9.53 Å². The molecule has 1 heterocycles. The first-order valence-electron chi connectivity index (χ1n) is 5.08. The van der Waals surface area contributed by atoms with E-state index < -0.39 is 0 Å². The van der Waals surface area contributed by atoms with E-state index in [1.54, 1.807) is 0 Å². The molecule has 0 saturated heterocycles. The minimum absolute atomic E-state index is 0.272. The van der Waals surface area contributed by atoms with Crippen LogP contribution in [0.25, 0.3) is 10.4 Å². The normalized spacial score (nSPS) is 10.2. The zero-order valence-corrected chi connectivity index (χ0v) is 11.7. The van der Waals surface area contributed by atoms with Crippen LogP contribution in [0.4, 0.5) is 0 Å². The average Bonchev–Trinajstić information content (AvgIpc) is 2.83. The Morgan fingerprint density at radius 2 is 2.06 bits per heavy atom. The molecule has 88 valence electrons. The first-order chi connectivity index (χ1) is 8.26. The number of thiophene rings is 1. The Hall–Kier alpha value is -1.13. The second-order valence-electron chi connectivity index (χ2n) is 3.46. The molecular formula is C13H11BrO2S. The third kappa shape index (κ3) is 2.58. The van der Waals surface area contributed by atoms with E-state index >= 15 is 0 Å². The molecule has 1 aromatic carbocycles. The third-order valence-corrected chi connectivity index (χ3v) is 4.19. The summed E-state index contributed by atoms with van der Waals surface area (Å²) in [7, 11) is 1.41. The summed E-state index contributed by atoms with van der Waals surface area (Å²) in [6.45, 7) is 0. The quantitative estimate of drug-likeness (QED) is 0.630. The predicted molar refractivity (Wildman–Crippen MR) is 73.7 cm³/mol. The number of carbonyl (C=O) groups excluding carboxylic acids is 1. The lowest BCUT2D eigenvalue weighted by Crippen LogP contribution is -2.00. The van der Waals surface area contributed by atoms with Crippen molar-refractivity contribution in [3.63, 3.8) is 0 Å². The second-order valence-corrected chi connectivity index (χ2v) is 5.07. The fourth-order valence-electron chi connectivity index (χ4n) is 1.54. The molecule has 0 unspecified atom stereocenters. The van der Waals surface area contributed by atoms with Crippen LogP contribution in [0.15, 0.2) is 36.4 Å². The molecule has 0 radical (unpaired) electrons. The van der Waals surface area contributed by atoms with E-state index in [0.717, 1.165) is 16.0 Å². The minimum Gasteiger partial charge on any atom is -0.465 e. The van der Waals surface area contributed by atoms with Crippen molar-refractivity contribution in [2.75, 3.05) is 7.11 Å². The molecule has 2 nitrogen and oxygen atoms in total. The smallest absolute Gasteiger partial charge is 0.348 e. The lowest BCUT2D eigenvalue weighted by atomic mass is 10.1. The zero-order chi connectivity index (χ0) is 12.3. The van der Waals surface area contributed by atoms with Gasteiger partial charge in [0, 0.05) is 10.2 Å². The van der Waals surface area contributed by atoms with Crippen molar-refractivity contribution in [1.29, 1.82) is 0 Å². The fourth-order valence-corrected chi connectivity index (χ4v) is 3.27. The molecular weight excluding hydrogens is 300 g/mol. The van der Waals surface area contributed by atoms with Gasteiger partial charge in [0.05, 0.1) is 7.11 Å². The molecule has 0 bridgehead atoms. The minimum atomic E-state index is -0.272. The molecule has 0 amide bonds. The Morgan fingerprint density at radius 3 is 2.65 bits per heavy atom. The van der Waals surface area contributed by atoms with Gasteiger partial charge in [-0.15, -0.1) is 11.3 Å². The Labute approximate surface area is 112 Å². The summed E-state index contributed by atoms with van der Waals surface area (Å²) in [6.07, 6.45) is 0. The van der Waals surface area contributed by atoms with E-state index in [-0.39, 0.29) is 5.97 Å². The van der Waals surface area contributed by atoms with Gasteiger partial charge in [0.1, 0.15) is 4.88 Å². The first kappa shape index (κ1) is 12.3. The van der Waals surface area contributed by atoms with Gasteiger partial charge < -0.3 is 4.74 Å². The summed E-state index contributed by atoms with van der Waals surface area (Å²) >= 11 is 4.86. The van der Waals surface area contributed by atoms with Crippen LogP contribution < -0.4 is 0 Å². The highest BCUT2D eigenvalue weighted by molar-refractivity contribution is 9.08. The summed E-state index contributed by atoms with van der Waals surface area (Å²) in [6, 6.07) is 12.0. The molecule has 0 N–H and O–H groups in total. The molecule has 0 aliphatic rings. The number of carbonyl (C=O) groups is 1. The van der Waals surface area contributed by atoms with Crippen molar-refractivity contribution in [2.24, 2.45) is 0 Å². The Morgan fingerprint density at radius 1 is 1.35 bits per heavy atom.